The van der Waals surface area contributed by atoms with Crippen molar-refractivity contribution >= 4 is 0 Å². The number of hydrogen-bond donors (Lipinski definition) is 1. The fourth-order valence-corrected chi connectivity index (χ4v) is 2.23. The van der Waals surface area contributed by atoms with Gasteiger partial charge in [-0.05, 0) is 36.7 Å². The lowest BCUT2D eigenvalue weighted by Crippen LogP contribution is -2.17. The Labute approximate surface area is 126 Å². The van der Waals surface area contributed by atoms with Gasteiger partial charge in [-0.3, -0.25) is 0 Å². The van der Waals surface area contributed by atoms with E-state index in [0.29, 0.717) is 12.6 Å². The minimum Gasteiger partial charge on any atom is -0.493 e. The van der Waals surface area contributed by atoms with E-state index in [1.54, 1.807) is 7.11 Å². The van der Waals surface area contributed by atoms with Crippen molar-refractivity contribution in [3.05, 3.63) is 59.7 Å². The van der Waals surface area contributed by atoms with Crippen LogP contribution in [0.3, 0.4) is 0 Å². The average molecular weight is 285 g/mol. The zero-order valence-electron chi connectivity index (χ0n) is 12.9. The van der Waals surface area contributed by atoms with Gasteiger partial charge in [0.2, 0.25) is 0 Å². The highest BCUT2D eigenvalue weighted by molar-refractivity contribution is 5.44. The summed E-state index contributed by atoms with van der Waals surface area (Å²) in [6.07, 6.45) is 0. The fourth-order valence-electron chi connectivity index (χ4n) is 2.23. The van der Waals surface area contributed by atoms with Crippen molar-refractivity contribution in [1.29, 1.82) is 0 Å². The summed E-state index contributed by atoms with van der Waals surface area (Å²) in [6, 6.07) is 16.5. The first kappa shape index (κ1) is 15.4. The van der Waals surface area contributed by atoms with Gasteiger partial charge in [-0.15, -0.1) is 0 Å². The zero-order chi connectivity index (χ0) is 15.1. The molecule has 0 fully saturated rings. The minimum atomic E-state index is 0.298. The van der Waals surface area contributed by atoms with E-state index >= 15 is 0 Å². The van der Waals surface area contributed by atoms with E-state index in [0.717, 1.165) is 23.6 Å². The van der Waals surface area contributed by atoms with Gasteiger partial charge in [0.25, 0.3) is 0 Å². The summed E-state index contributed by atoms with van der Waals surface area (Å²) in [5.41, 5.74) is 2.34. The van der Waals surface area contributed by atoms with Crippen molar-refractivity contribution in [3.8, 4) is 11.5 Å². The predicted molar refractivity (Wildman–Crippen MR) is 85.9 cm³/mol. The molecule has 0 aliphatic heterocycles. The molecule has 3 nitrogen and oxygen atoms in total. The highest BCUT2D eigenvalue weighted by atomic mass is 16.5. The van der Waals surface area contributed by atoms with E-state index in [4.69, 9.17) is 9.47 Å². The normalized spacial score (nSPS) is 12.0. The van der Waals surface area contributed by atoms with Crippen LogP contribution in [0.2, 0.25) is 0 Å². The third-order valence-electron chi connectivity index (χ3n) is 3.44. The van der Waals surface area contributed by atoms with Gasteiger partial charge in [-0.1, -0.05) is 43.3 Å². The van der Waals surface area contributed by atoms with Crippen molar-refractivity contribution < 1.29 is 9.47 Å². The molecule has 1 unspecified atom stereocenters. The van der Waals surface area contributed by atoms with Crippen LogP contribution in [-0.2, 0) is 6.61 Å². The van der Waals surface area contributed by atoms with Crippen molar-refractivity contribution in [2.45, 2.75) is 26.5 Å². The van der Waals surface area contributed by atoms with Crippen LogP contribution >= 0.6 is 0 Å². The van der Waals surface area contributed by atoms with Gasteiger partial charge in [0.05, 0.1) is 7.11 Å². The molecule has 0 saturated carbocycles. The zero-order valence-corrected chi connectivity index (χ0v) is 12.9. The van der Waals surface area contributed by atoms with Gasteiger partial charge in [-0.2, -0.15) is 0 Å². The third kappa shape index (κ3) is 4.23. The van der Waals surface area contributed by atoms with E-state index in [1.165, 1.54) is 5.56 Å². The molecule has 0 saturated heterocycles. The predicted octanol–water partition coefficient (Wildman–Crippen LogP) is 3.94. The Morgan fingerprint density at radius 3 is 2.48 bits per heavy atom. The van der Waals surface area contributed by atoms with Crippen LogP contribution in [0.5, 0.6) is 11.5 Å². The third-order valence-corrected chi connectivity index (χ3v) is 3.44. The molecule has 1 N–H and O–H groups in total. The highest BCUT2D eigenvalue weighted by Gasteiger charge is 2.10. The maximum absolute atomic E-state index is 5.86. The topological polar surface area (TPSA) is 30.5 Å². The number of rotatable bonds is 7. The van der Waals surface area contributed by atoms with E-state index in [-0.39, 0.29) is 0 Å². The number of ether oxygens (including phenoxy) is 2. The molecule has 2 aromatic rings. The molecule has 3 heteroatoms. The second-order valence-electron chi connectivity index (χ2n) is 4.96. The van der Waals surface area contributed by atoms with Crippen molar-refractivity contribution in [2.75, 3.05) is 13.7 Å². The lowest BCUT2D eigenvalue weighted by molar-refractivity contribution is 0.284. The van der Waals surface area contributed by atoms with Gasteiger partial charge < -0.3 is 14.8 Å². The molecule has 0 bridgehead atoms. The summed E-state index contributed by atoms with van der Waals surface area (Å²) < 4.78 is 11.3. The number of hydrogen-bond acceptors (Lipinski definition) is 3. The van der Waals surface area contributed by atoms with Gasteiger partial charge in [0.1, 0.15) is 6.61 Å². The molecule has 0 aromatic heterocycles. The maximum atomic E-state index is 5.86. The van der Waals surface area contributed by atoms with Crippen LogP contribution in [-0.4, -0.2) is 13.7 Å². The monoisotopic (exact) mass is 285 g/mol. The Balaban J connectivity index is 2.09. The van der Waals surface area contributed by atoms with Gasteiger partial charge in [-0.25, -0.2) is 0 Å². The van der Waals surface area contributed by atoms with E-state index in [9.17, 15) is 0 Å². The van der Waals surface area contributed by atoms with E-state index in [2.05, 4.69) is 25.2 Å². The molecule has 112 valence electrons. The first-order valence-corrected chi connectivity index (χ1v) is 7.32. The van der Waals surface area contributed by atoms with Gasteiger partial charge in [0, 0.05) is 6.04 Å². The first-order chi connectivity index (χ1) is 10.2. The molecule has 0 aliphatic rings. The summed E-state index contributed by atoms with van der Waals surface area (Å²) in [4.78, 5) is 0. The van der Waals surface area contributed by atoms with E-state index < -0.39 is 0 Å². The standard InChI is InChI=1S/C18H23NO2/c1-4-19-14(2)16-10-11-17(18(12-16)20-3)21-13-15-8-6-5-7-9-15/h5-12,14,19H,4,13H2,1-3H3. The second-order valence-corrected chi connectivity index (χ2v) is 4.96. The van der Waals surface area contributed by atoms with Gasteiger partial charge >= 0.3 is 0 Å². The number of methoxy groups -OCH3 is 1. The maximum Gasteiger partial charge on any atom is 0.161 e. The second kappa shape index (κ2) is 7.70. The number of benzene rings is 2. The lowest BCUT2D eigenvalue weighted by Gasteiger charge is -2.16. The van der Waals surface area contributed by atoms with Crippen LogP contribution in [0.4, 0.5) is 0 Å². The quantitative estimate of drug-likeness (QED) is 0.835. The summed E-state index contributed by atoms with van der Waals surface area (Å²) in [6.45, 7) is 5.73. The van der Waals surface area contributed by atoms with Crippen LogP contribution < -0.4 is 14.8 Å². The van der Waals surface area contributed by atoms with Crippen molar-refractivity contribution in [2.24, 2.45) is 0 Å². The Hall–Kier alpha value is -2.00. The SMILES string of the molecule is CCNC(C)c1ccc(OCc2ccccc2)c(OC)c1. The molecule has 0 heterocycles. The minimum absolute atomic E-state index is 0.298. The van der Waals surface area contributed by atoms with Crippen molar-refractivity contribution in [1.82, 2.24) is 5.32 Å². The summed E-state index contributed by atoms with van der Waals surface area (Å²) >= 11 is 0. The summed E-state index contributed by atoms with van der Waals surface area (Å²) in [5, 5.41) is 3.39. The molecule has 2 aromatic carbocycles. The molecule has 0 spiro atoms. The Morgan fingerprint density at radius 2 is 1.81 bits per heavy atom. The molecule has 0 aliphatic carbocycles. The lowest BCUT2D eigenvalue weighted by atomic mass is 10.1. The van der Waals surface area contributed by atoms with Crippen LogP contribution in [0.15, 0.2) is 48.5 Å². The molecule has 21 heavy (non-hydrogen) atoms. The largest absolute Gasteiger partial charge is 0.493 e. The molecule has 1 atom stereocenters. The number of nitrogens with one attached hydrogen (secondary N) is 1. The summed E-state index contributed by atoms with van der Waals surface area (Å²) in [7, 11) is 1.67. The fraction of sp³-hybridized carbons (Fsp3) is 0.333. The Morgan fingerprint density at radius 1 is 1.05 bits per heavy atom. The van der Waals surface area contributed by atoms with E-state index in [1.807, 2.05) is 42.5 Å². The van der Waals surface area contributed by atoms with Crippen LogP contribution in [0.1, 0.15) is 31.0 Å². The molecular formula is C18H23NO2. The first-order valence-electron chi connectivity index (χ1n) is 7.32. The summed E-state index contributed by atoms with van der Waals surface area (Å²) in [5.74, 6) is 1.54. The van der Waals surface area contributed by atoms with Gasteiger partial charge in [0.15, 0.2) is 11.5 Å². The van der Waals surface area contributed by atoms with Crippen LogP contribution in [0.25, 0.3) is 0 Å². The molecule has 0 radical (unpaired) electrons. The molecule has 0 amide bonds. The molecule has 2 rings (SSSR count). The Kier molecular flexibility index (Phi) is 5.64. The average Bonchev–Trinajstić information content (AvgIpc) is 2.54. The smallest absolute Gasteiger partial charge is 0.161 e. The van der Waals surface area contributed by atoms with Crippen LogP contribution in [0, 0.1) is 0 Å². The van der Waals surface area contributed by atoms with Crippen molar-refractivity contribution in [3.63, 3.8) is 0 Å². The molecular weight excluding hydrogens is 262 g/mol. The highest BCUT2D eigenvalue weighted by Crippen LogP contribution is 2.30. The Bertz CT molecular complexity index is 554.